The molecule has 3 aromatic carbocycles. The summed E-state index contributed by atoms with van der Waals surface area (Å²) < 4.78 is 6.52. The molecule has 4 aromatic rings. The topological polar surface area (TPSA) is 102 Å². The second kappa shape index (κ2) is 9.23. The summed E-state index contributed by atoms with van der Waals surface area (Å²) >= 11 is 3.41. The van der Waals surface area contributed by atoms with Crippen molar-refractivity contribution in [2.45, 2.75) is 0 Å². The summed E-state index contributed by atoms with van der Waals surface area (Å²) in [7, 11) is 0. The molecule has 0 fully saturated rings. The van der Waals surface area contributed by atoms with Crippen LogP contribution in [-0.2, 0) is 0 Å². The first kappa shape index (κ1) is 20.3. The largest absolute Gasteiger partial charge is 0.457 e. The number of nitrogens with one attached hydrogen (secondary N) is 2. The molecule has 0 radical (unpaired) electrons. The van der Waals surface area contributed by atoms with E-state index in [4.69, 9.17) is 4.74 Å². The fourth-order valence-corrected chi connectivity index (χ4v) is 3.18. The summed E-state index contributed by atoms with van der Waals surface area (Å²) in [5.41, 5.74) is 1.01. The highest BCUT2D eigenvalue weighted by Gasteiger charge is 2.23. The van der Waals surface area contributed by atoms with Gasteiger partial charge in [0.1, 0.15) is 17.8 Å². The van der Waals surface area contributed by atoms with Gasteiger partial charge in [-0.3, -0.25) is 10.1 Å². The van der Waals surface area contributed by atoms with Crippen molar-refractivity contribution in [3.63, 3.8) is 0 Å². The first-order valence-corrected chi connectivity index (χ1v) is 10.0. The molecular formula is C22H16BrN5O3. The minimum absolute atomic E-state index is 0.0753. The molecule has 31 heavy (non-hydrogen) atoms. The number of ether oxygens (including phenoxy) is 1. The minimum atomic E-state index is -0.519. The number of aromatic nitrogens is 2. The molecule has 0 amide bonds. The van der Waals surface area contributed by atoms with E-state index in [1.54, 1.807) is 30.3 Å². The van der Waals surface area contributed by atoms with Gasteiger partial charge in [0.15, 0.2) is 0 Å². The molecule has 1 heterocycles. The molecule has 154 valence electrons. The molecule has 0 saturated carbocycles. The van der Waals surface area contributed by atoms with Crippen molar-refractivity contribution >= 4 is 44.6 Å². The number of para-hydroxylation sites is 2. The number of rotatable bonds is 7. The molecule has 8 nitrogen and oxygen atoms in total. The zero-order valence-electron chi connectivity index (χ0n) is 16.0. The van der Waals surface area contributed by atoms with Gasteiger partial charge in [0, 0.05) is 10.2 Å². The number of nitro groups is 1. The van der Waals surface area contributed by atoms with Gasteiger partial charge in [-0.05, 0) is 64.5 Å². The van der Waals surface area contributed by atoms with Crippen LogP contribution in [0.1, 0.15) is 0 Å². The van der Waals surface area contributed by atoms with Crippen LogP contribution in [0.4, 0.5) is 28.7 Å². The number of benzene rings is 3. The Labute approximate surface area is 186 Å². The lowest BCUT2D eigenvalue weighted by Gasteiger charge is -2.11. The third-order valence-electron chi connectivity index (χ3n) is 4.23. The summed E-state index contributed by atoms with van der Waals surface area (Å²) in [5.74, 6) is 1.52. The molecule has 0 atom stereocenters. The Balaban J connectivity index is 1.57. The van der Waals surface area contributed by atoms with E-state index in [-0.39, 0.29) is 17.3 Å². The van der Waals surface area contributed by atoms with E-state index in [2.05, 4.69) is 36.5 Å². The normalized spacial score (nSPS) is 10.4. The Morgan fingerprint density at radius 3 is 2.10 bits per heavy atom. The lowest BCUT2D eigenvalue weighted by Crippen LogP contribution is -2.05. The maximum Gasteiger partial charge on any atom is 0.353 e. The Morgan fingerprint density at radius 2 is 1.42 bits per heavy atom. The van der Waals surface area contributed by atoms with Crippen LogP contribution in [0.3, 0.4) is 0 Å². The smallest absolute Gasteiger partial charge is 0.353 e. The Hall–Kier alpha value is -3.98. The lowest BCUT2D eigenvalue weighted by atomic mass is 10.3. The van der Waals surface area contributed by atoms with Crippen LogP contribution in [0.2, 0.25) is 0 Å². The van der Waals surface area contributed by atoms with E-state index in [0.29, 0.717) is 17.1 Å². The van der Waals surface area contributed by atoms with E-state index < -0.39 is 4.92 Å². The van der Waals surface area contributed by atoms with E-state index in [1.165, 1.54) is 6.33 Å². The van der Waals surface area contributed by atoms with Gasteiger partial charge in [0.25, 0.3) is 0 Å². The van der Waals surface area contributed by atoms with Gasteiger partial charge >= 0.3 is 5.69 Å². The predicted molar refractivity (Wildman–Crippen MR) is 122 cm³/mol. The van der Waals surface area contributed by atoms with Crippen LogP contribution in [0.5, 0.6) is 11.5 Å². The second-order valence-electron chi connectivity index (χ2n) is 6.35. The Morgan fingerprint density at radius 1 is 0.806 bits per heavy atom. The summed E-state index contributed by atoms with van der Waals surface area (Å²) in [6.45, 7) is 0. The molecule has 0 spiro atoms. The minimum Gasteiger partial charge on any atom is -0.457 e. The van der Waals surface area contributed by atoms with Crippen LogP contribution in [-0.4, -0.2) is 14.9 Å². The number of hydrogen-bond donors (Lipinski definition) is 2. The van der Waals surface area contributed by atoms with Crippen molar-refractivity contribution in [1.29, 1.82) is 0 Å². The molecule has 0 aliphatic rings. The van der Waals surface area contributed by atoms with Gasteiger partial charge in [-0.2, -0.15) is 0 Å². The standard InChI is InChI=1S/C22H16BrN5O3/c23-18-8-4-5-9-19(18)27-22-20(28(29)30)21(24-14-25-22)26-15-10-12-17(13-11-15)31-16-6-2-1-3-7-16/h1-14H,(H2,24,25,26,27). The average Bonchev–Trinajstić information content (AvgIpc) is 2.77. The summed E-state index contributed by atoms with van der Waals surface area (Å²) in [6.07, 6.45) is 1.27. The van der Waals surface area contributed by atoms with E-state index in [0.717, 1.165) is 10.2 Å². The van der Waals surface area contributed by atoms with Crippen molar-refractivity contribution in [2.75, 3.05) is 10.6 Å². The monoisotopic (exact) mass is 477 g/mol. The Bertz CT molecular complexity index is 1200. The van der Waals surface area contributed by atoms with Crippen molar-refractivity contribution < 1.29 is 9.66 Å². The average molecular weight is 478 g/mol. The number of anilines is 4. The van der Waals surface area contributed by atoms with Gasteiger partial charge < -0.3 is 15.4 Å². The third kappa shape index (κ3) is 4.96. The Kier molecular flexibility index (Phi) is 6.04. The van der Waals surface area contributed by atoms with Crippen molar-refractivity contribution in [2.24, 2.45) is 0 Å². The second-order valence-corrected chi connectivity index (χ2v) is 7.20. The highest BCUT2D eigenvalue weighted by atomic mass is 79.9. The summed E-state index contributed by atoms with van der Waals surface area (Å²) in [5, 5.41) is 17.7. The van der Waals surface area contributed by atoms with Crippen molar-refractivity contribution in [3.8, 4) is 11.5 Å². The van der Waals surface area contributed by atoms with Crippen LogP contribution in [0.15, 0.2) is 89.7 Å². The van der Waals surface area contributed by atoms with Gasteiger partial charge in [0.05, 0.1) is 10.6 Å². The number of hydrogen-bond acceptors (Lipinski definition) is 7. The fourth-order valence-electron chi connectivity index (χ4n) is 2.79. The van der Waals surface area contributed by atoms with Gasteiger partial charge in [0.2, 0.25) is 11.6 Å². The molecule has 9 heteroatoms. The van der Waals surface area contributed by atoms with E-state index in [9.17, 15) is 10.1 Å². The molecule has 0 bridgehead atoms. The van der Waals surface area contributed by atoms with Crippen LogP contribution < -0.4 is 15.4 Å². The highest BCUT2D eigenvalue weighted by Crippen LogP contribution is 2.35. The number of nitrogens with zero attached hydrogens (tertiary/aromatic N) is 3. The first-order chi connectivity index (χ1) is 15.1. The van der Waals surface area contributed by atoms with E-state index in [1.807, 2.05) is 48.5 Å². The van der Waals surface area contributed by atoms with Gasteiger partial charge in [-0.15, -0.1) is 0 Å². The molecule has 1 aromatic heterocycles. The van der Waals surface area contributed by atoms with Gasteiger partial charge in [-0.25, -0.2) is 9.97 Å². The molecule has 0 saturated heterocycles. The van der Waals surface area contributed by atoms with Crippen molar-refractivity contribution in [1.82, 2.24) is 9.97 Å². The zero-order valence-corrected chi connectivity index (χ0v) is 17.6. The van der Waals surface area contributed by atoms with Gasteiger partial charge in [-0.1, -0.05) is 30.3 Å². The van der Waals surface area contributed by atoms with Crippen molar-refractivity contribution in [3.05, 3.63) is 99.8 Å². The molecule has 0 aliphatic carbocycles. The molecule has 4 rings (SSSR count). The van der Waals surface area contributed by atoms with E-state index >= 15 is 0 Å². The predicted octanol–water partition coefficient (Wildman–Crippen LogP) is 6.43. The molecular weight excluding hydrogens is 462 g/mol. The summed E-state index contributed by atoms with van der Waals surface area (Å²) in [4.78, 5) is 19.4. The van der Waals surface area contributed by atoms with Crippen LogP contribution in [0, 0.1) is 10.1 Å². The molecule has 0 aliphatic heterocycles. The maximum atomic E-state index is 11.8. The maximum absolute atomic E-state index is 11.8. The molecule has 0 unspecified atom stereocenters. The number of halogens is 1. The highest BCUT2D eigenvalue weighted by molar-refractivity contribution is 9.10. The zero-order chi connectivity index (χ0) is 21.6. The molecule has 2 N–H and O–H groups in total. The summed E-state index contributed by atoms with van der Waals surface area (Å²) in [6, 6.07) is 23.7. The van der Waals surface area contributed by atoms with Crippen LogP contribution in [0.25, 0.3) is 0 Å². The fraction of sp³-hybridized carbons (Fsp3) is 0. The quantitative estimate of drug-likeness (QED) is 0.233. The first-order valence-electron chi connectivity index (χ1n) is 9.21. The third-order valence-corrected chi connectivity index (χ3v) is 4.92. The van der Waals surface area contributed by atoms with Crippen LogP contribution >= 0.6 is 15.9 Å². The SMILES string of the molecule is O=[N+]([O-])c1c(Nc2ccc(Oc3ccccc3)cc2)ncnc1Nc1ccccc1Br. The lowest BCUT2D eigenvalue weighted by molar-refractivity contribution is -0.383.